The van der Waals surface area contributed by atoms with Crippen molar-refractivity contribution in [1.29, 1.82) is 0 Å². The van der Waals surface area contributed by atoms with Gasteiger partial charge in [0.2, 0.25) is 0 Å². The van der Waals surface area contributed by atoms with Gasteiger partial charge in [-0.15, -0.1) is 46.2 Å². The molecule has 4 aromatic rings. The SMILES string of the molecule is Cc1sc2cc(SCC[Si](C)(C)C)ccc2c1C1=C(c2c(C)sc3cc(SCC[Si](C)(C)C)ccc23)C(F)(F)C(F)(F)C1(F)F. The number of hydrogen-bond acceptors (Lipinski definition) is 4. The van der Waals surface area contributed by atoms with Crippen LogP contribution >= 0.6 is 46.2 Å². The van der Waals surface area contributed by atoms with E-state index in [1.807, 2.05) is 12.1 Å². The molecule has 1 aliphatic rings. The lowest BCUT2D eigenvalue weighted by Crippen LogP contribution is -2.48. The monoisotopic (exact) mass is 732 g/mol. The first-order chi connectivity index (χ1) is 20.7. The maximum atomic E-state index is 15.9. The highest BCUT2D eigenvalue weighted by Gasteiger charge is 2.80. The van der Waals surface area contributed by atoms with Gasteiger partial charge in [-0.2, -0.15) is 26.3 Å². The fourth-order valence-electron chi connectivity index (χ4n) is 5.54. The Labute approximate surface area is 280 Å². The molecule has 0 amide bonds. The minimum atomic E-state index is -5.59. The summed E-state index contributed by atoms with van der Waals surface area (Å²) >= 11 is 5.68. The third-order valence-corrected chi connectivity index (χ3v) is 16.4. The fourth-order valence-corrected chi connectivity index (χ4v) is 14.8. The van der Waals surface area contributed by atoms with Crippen LogP contribution in [0.2, 0.25) is 51.4 Å². The van der Waals surface area contributed by atoms with Crippen molar-refractivity contribution in [2.24, 2.45) is 0 Å². The van der Waals surface area contributed by atoms with Gasteiger partial charge in [0.05, 0.1) is 0 Å². The van der Waals surface area contributed by atoms with Crippen molar-refractivity contribution in [3.05, 3.63) is 57.3 Å². The molecule has 0 spiro atoms. The molecule has 0 bridgehead atoms. The van der Waals surface area contributed by atoms with E-state index in [4.69, 9.17) is 0 Å². The lowest BCUT2D eigenvalue weighted by molar-refractivity contribution is -0.254. The second-order valence-electron chi connectivity index (χ2n) is 14.2. The largest absolute Gasteiger partial charge is 0.380 e. The molecule has 45 heavy (non-hydrogen) atoms. The van der Waals surface area contributed by atoms with Crippen molar-refractivity contribution in [3.63, 3.8) is 0 Å². The predicted octanol–water partition coefficient (Wildman–Crippen LogP) is 13.4. The fraction of sp³-hybridized carbons (Fsp3) is 0.455. The van der Waals surface area contributed by atoms with Crippen LogP contribution in [-0.4, -0.2) is 45.4 Å². The van der Waals surface area contributed by atoms with Crippen molar-refractivity contribution in [2.75, 3.05) is 11.5 Å². The van der Waals surface area contributed by atoms with E-state index >= 15 is 26.3 Å². The van der Waals surface area contributed by atoms with Crippen molar-refractivity contribution < 1.29 is 26.3 Å². The molecule has 0 unspecified atom stereocenters. The minimum Gasteiger partial charge on any atom is -0.194 e. The number of rotatable bonds is 10. The summed E-state index contributed by atoms with van der Waals surface area (Å²) in [7, 11) is -2.51. The molecular formula is C33H38F6S4Si2. The highest BCUT2D eigenvalue weighted by atomic mass is 32.2. The zero-order valence-corrected chi connectivity index (χ0v) is 32.0. The normalized spacial score (nSPS) is 18.1. The molecule has 244 valence electrons. The molecule has 0 atom stereocenters. The summed E-state index contributed by atoms with van der Waals surface area (Å²) in [5.74, 6) is -13.9. The van der Waals surface area contributed by atoms with Crippen molar-refractivity contribution in [3.8, 4) is 0 Å². The van der Waals surface area contributed by atoms with Gasteiger partial charge in [0.25, 0.3) is 0 Å². The van der Waals surface area contributed by atoms with Crippen LogP contribution in [0.15, 0.2) is 46.2 Å². The number of alkyl halides is 6. The Balaban J connectivity index is 1.66. The lowest BCUT2D eigenvalue weighted by Gasteiger charge is -2.26. The predicted molar refractivity (Wildman–Crippen MR) is 193 cm³/mol. The number of benzene rings is 2. The van der Waals surface area contributed by atoms with Crippen LogP contribution in [0, 0.1) is 13.8 Å². The molecule has 0 N–H and O–H groups in total. The van der Waals surface area contributed by atoms with Gasteiger partial charge in [-0.25, -0.2) is 0 Å². The molecule has 2 heterocycles. The standard InChI is InChI=1S/C33H38F6S4Si2/c1-19-27(23-11-9-21(17-25(23)42-19)40-13-15-44(3,4)5)29-30(32(36,37)33(38,39)31(29,34)35)28-20(2)43-26-18-22(10-12-24(26)28)41-14-16-45(6,7)8/h9-12,17-18H,13-16H2,1-8H3. The molecule has 0 saturated heterocycles. The van der Waals surface area contributed by atoms with Crippen LogP contribution in [0.4, 0.5) is 26.3 Å². The average molecular weight is 733 g/mol. The van der Waals surface area contributed by atoms with E-state index in [-0.39, 0.29) is 11.1 Å². The lowest BCUT2D eigenvalue weighted by atomic mass is 9.91. The second kappa shape index (κ2) is 12.1. The summed E-state index contributed by atoms with van der Waals surface area (Å²) < 4.78 is 95.5. The quantitative estimate of drug-likeness (QED) is 0.0904. The van der Waals surface area contributed by atoms with Crippen LogP contribution < -0.4 is 0 Å². The Kier molecular flexibility index (Phi) is 9.41. The van der Waals surface area contributed by atoms with Gasteiger partial charge in [0.15, 0.2) is 0 Å². The molecule has 1 aliphatic carbocycles. The van der Waals surface area contributed by atoms with Crippen LogP contribution in [0.1, 0.15) is 20.9 Å². The number of halogens is 6. The topological polar surface area (TPSA) is 0 Å². The molecule has 2 aromatic heterocycles. The molecular weight excluding hydrogens is 695 g/mol. The highest BCUT2D eigenvalue weighted by Crippen LogP contribution is 2.67. The third kappa shape index (κ3) is 6.49. The summed E-state index contributed by atoms with van der Waals surface area (Å²) in [6.07, 6.45) is 0. The minimum absolute atomic E-state index is 0.206. The van der Waals surface area contributed by atoms with E-state index in [2.05, 4.69) is 39.3 Å². The van der Waals surface area contributed by atoms with Crippen molar-refractivity contribution in [1.82, 2.24) is 0 Å². The molecule has 12 heteroatoms. The first-order valence-corrected chi connectivity index (χ1v) is 25.9. The molecule has 0 saturated carbocycles. The summed E-state index contributed by atoms with van der Waals surface area (Å²) in [5, 5.41) is 0.594. The number of thioether (sulfide) groups is 2. The van der Waals surface area contributed by atoms with Gasteiger partial charge in [-0.1, -0.05) is 51.4 Å². The van der Waals surface area contributed by atoms with Gasteiger partial charge in [-0.05, 0) is 61.7 Å². The van der Waals surface area contributed by atoms with Crippen molar-refractivity contribution in [2.45, 2.75) is 92.8 Å². The van der Waals surface area contributed by atoms with Crippen molar-refractivity contribution >= 4 is 93.7 Å². The van der Waals surface area contributed by atoms with Gasteiger partial charge in [0.1, 0.15) is 0 Å². The van der Waals surface area contributed by atoms with E-state index in [9.17, 15) is 0 Å². The maximum absolute atomic E-state index is 15.9. The Morgan fingerprint density at radius 2 is 0.956 bits per heavy atom. The Morgan fingerprint density at radius 1 is 0.600 bits per heavy atom. The van der Waals surface area contributed by atoms with E-state index in [0.717, 1.165) is 33.4 Å². The van der Waals surface area contributed by atoms with E-state index < -0.39 is 45.1 Å². The maximum Gasteiger partial charge on any atom is 0.380 e. The molecule has 0 nitrogen and oxygen atoms in total. The zero-order valence-electron chi connectivity index (χ0n) is 26.7. The Bertz CT molecular complexity index is 1660. The third-order valence-electron chi connectivity index (χ3n) is 8.08. The average Bonchev–Trinajstić information content (AvgIpc) is 3.41. The van der Waals surface area contributed by atoms with Gasteiger partial charge in [0, 0.05) is 78.1 Å². The van der Waals surface area contributed by atoms with E-state index in [1.165, 1.54) is 22.7 Å². The molecule has 2 aromatic carbocycles. The number of thiophene rings is 2. The zero-order chi connectivity index (χ0) is 33.3. The van der Waals surface area contributed by atoms with Crippen LogP contribution in [0.5, 0.6) is 0 Å². The van der Waals surface area contributed by atoms with Crippen LogP contribution in [0.3, 0.4) is 0 Å². The Hall–Kier alpha value is -1.19. The summed E-state index contributed by atoms with van der Waals surface area (Å²) in [6.45, 7) is 16.8. The first kappa shape index (κ1) is 35.1. The molecule has 0 radical (unpaired) electrons. The smallest absolute Gasteiger partial charge is 0.194 e. The number of aryl methyl sites for hydroxylation is 2. The van der Waals surface area contributed by atoms with E-state index in [0.29, 0.717) is 29.9 Å². The molecule has 0 fully saturated rings. The number of allylic oxidation sites excluding steroid dienone is 2. The first-order valence-electron chi connectivity index (χ1n) is 14.9. The molecule has 0 aliphatic heterocycles. The number of hydrogen-bond donors (Lipinski definition) is 0. The van der Waals surface area contributed by atoms with Crippen LogP contribution in [0.25, 0.3) is 31.3 Å². The highest BCUT2D eigenvalue weighted by molar-refractivity contribution is 7.99. The van der Waals surface area contributed by atoms with Gasteiger partial charge in [-0.3, -0.25) is 0 Å². The molecule has 5 rings (SSSR count). The number of fused-ring (bicyclic) bond motifs is 2. The van der Waals surface area contributed by atoms with Gasteiger partial charge < -0.3 is 0 Å². The second-order valence-corrected chi connectivity index (χ2v) is 30.3. The summed E-state index contributed by atoms with van der Waals surface area (Å²) in [6, 6.07) is 12.7. The summed E-state index contributed by atoms with van der Waals surface area (Å²) in [4.78, 5) is 2.51. The Morgan fingerprint density at radius 3 is 1.29 bits per heavy atom. The van der Waals surface area contributed by atoms with E-state index in [1.54, 1.807) is 61.6 Å². The van der Waals surface area contributed by atoms with Gasteiger partial charge >= 0.3 is 17.8 Å². The van der Waals surface area contributed by atoms with Crippen LogP contribution in [-0.2, 0) is 0 Å². The summed E-state index contributed by atoms with van der Waals surface area (Å²) in [5.41, 5.74) is -2.92.